The second-order valence-corrected chi connectivity index (χ2v) is 1.35. The predicted octanol–water partition coefficient (Wildman–Crippen LogP) is 0.963. The highest BCUT2D eigenvalue weighted by Gasteiger charge is 1.67. The minimum atomic E-state index is 0.662. The maximum absolute atomic E-state index is 8.10. The second kappa shape index (κ2) is 6.24. The molecule has 0 aromatic rings. The molecule has 0 fully saturated rings. The number of aliphatic hydroxyl groups is 1. The smallest absolute Gasteiger partial charge is 0.0791 e. The molecule has 0 amide bonds. The molecule has 46 valence electrons. The van der Waals surface area contributed by atoms with Crippen LogP contribution in [0.4, 0.5) is 0 Å². The van der Waals surface area contributed by atoms with Crippen molar-refractivity contribution in [2.24, 2.45) is 5.73 Å². The van der Waals surface area contributed by atoms with E-state index in [2.05, 4.69) is 0 Å². The molecule has 0 bridgehead atoms. The van der Waals surface area contributed by atoms with E-state index in [1.54, 1.807) is 12.2 Å². The van der Waals surface area contributed by atoms with E-state index in [0.717, 1.165) is 12.7 Å². The van der Waals surface area contributed by atoms with Gasteiger partial charge in [-0.1, -0.05) is 12.2 Å². The molecule has 0 saturated carbocycles. The zero-order valence-electron chi connectivity index (χ0n) is 4.75. The maximum Gasteiger partial charge on any atom is 0.0791 e. The highest BCUT2D eigenvalue weighted by atomic mass is 16.2. The number of rotatable bonds is 3. The fourth-order valence-corrected chi connectivity index (χ4v) is 0.321. The van der Waals surface area contributed by atoms with Crippen LogP contribution in [0.2, 0.25) is 0 Å². The Labute approximate surface area is 49.3 Å². The topological polar surface area (TPSA) is 46.2 Å². The molecule has 0 rings (SSSR count). The summed E-state index contributed by atoms with van der Waals surface area (Å²) in [6.07, 6.45) is 7.06. The molecule has 0 aliphatic carbocycles. The van der Waals surface area contributed by atoms with Gasteiger partial charge in [0.15, 0.2) is 0 Å². The fraction of sp³-hybridized carbons (Fsp3) is 0.333. The molecule has 0 spiro atoms. The van der Waals surface area contributed by atoms with Gasteiger partial charge >= 0.3 is 0 Å². The van der Waals surface area contributed by atoms with Crippen molar-refractivity contribution < 1.29 is 5.11 Å². The Morgan fingerprint density at radius 1 is 1.38 bits per heavy atom. The van der Waals surface area contributed by atoms with Crippen LogP contribution in [-0.2, 0) is 0 Å². The Hall–Kier alpha value is -0.760. The van der Waals surface area contributed by atoms with E-state index in [1.165, 1.54) is 0 Å². The summed E-state index contributed by atoms with van der Waals surface area (Å²) in [5, 5.41) is 8.10. The molecule has 0 aliphatic heterocycles. The van der Waals surface area contributed by atoms with E-state index in [-0.39, 0.29) is 0 Å². The summed E-state index contributed by atoms with van der Waals surface area (Å²) in [5.41, 5.74) is 5.17. The average Bonchev–Trinajstić information content (AvgIpc) is 1.81. The van der Waals surface area contributed by atoms with Gasteiger partial charge in [0.1, 0.15) is 0 Å². The van der Waals surface area contributed by atoms with Crippen molar-refractivity contribution in [3.05, 3.63) is 24.5 Å². The first-order valence-corrected chi connectivity index (χ1v) is 2.57. The van der Waals surface area contributed by atoms with Crippen LogP contribution < -0.4 is 5.73 Å². The first-order valence-electron chi connectivity index (χ1n) is 2.57. The standard InChI is InChI=1S/C6H11NO/c7-5-3-1-2-4-6-8/h1-2,4,6,8H,3,5,7H2/b2-1+,6-4+. The van der Waals surface area contributed by atoms with Gasteiger partial charge in [-0.2, -0.15) is 0 Å². The molecule has 2 nitrogen and oxygen atoms in total. The van der Waals surface area contributed by atoms with Crippen LogP contribution in [0.1, 0.15) is 6.42 Å². The average molecular weight is 113 g/mol. The molecule has 3 N–H and O–H groups in total. The summed E-state index contributed by atoms with van der Waals surface area (Å²) in [4.78, 5) is 0. The SMILES string of the molecule is NCC/C=C/C=C/O. The molecule has 0 aromatic carbocycles. The molecule has 2 heteroatoms. The number of allylic oxidation sites excluding steroid dienone is 2. The van der Waals surface area contributed by atoms with Crippen molar-refractivity contribution in [3.63, 3.8) is 0 Å². The quantitative estimate of drug-likeness (QED) is 0.423. The number of aliphatic hydroxyl groups excluding tert-OH is 1. The Morgan fingerprint density at radius 3 is 2.62 bits per heavy atom. The lowest BCUT2D eigenvalue weighted by atomic mass is 10.4. The van der Waals surface area contributed by atoms with Crippen molar-refractivity contribution in [2.45, 2.75) is 6.42 Å². The van der Waals surface area contributed by atoms with Crippen LogP contribution in [0.5, 0.6) is 0 Å². The summed E-state index contributed by atoms with van der Waals surface area (Å²) >= 11 is 0. The third-order valence-electron chi connectivity index (χ3n) is 0.667. The number of hydrogen-bond donors (Lipinski definition) is 2. The summed E-state index contributed by atoms with van der Waals surface area (Å²) in [6, 6.07) is 0. The molecule has 0 saturated heterocycles. The molecule has 0 aromatic heterocycles. The van der Waals surface area contributed by atoms with Crippen LogP contribution in [0.25, 0.3) is 0 Å². The van der Waals surface area contributed by atoms with Gasteiger partial charge in [0.25, 0.3) is 0 Å². The van der Waals surface area contributed by atoms with Crippen LogP contribution in [0, 0.1) is 0 Å². The lowest BCUT2D eigenvalue weighted by Gasteiger charge is -1.79. The summed E-state index contributed by atoms with van der Waals surface area (Å²) in [5.74, 6) is 0. The Kier molecular flexibility index (Phi) is 5.65. The minimum absolute atomic E-state index is 0.662. The fourth-order valence-electron chi connectivity index (χ4n) is 0.321. The van der Waals surface area contributed by atoms with Crippen molar-refractivity contribution in [2.75, 3.05) is 6.54 Å². The minimum Gasteiger partial charge on any atom is -0.516 e. The Morgan fingerprint density at radius 2 is 2.12 bits per heavy atom. The Balaban J connectivity index is 3.07. The molecule has 8 heavy (non-hydrogen) atoms. The monoisotopic (exact) mass is 113 g/mol. The largest absolute Gasteiger partial charge is 0.516 e. The van der Waals surface area contributed by atoms with Gasteiger partial charge in [0.05, 0.1) is 6.26 Å². The van der Waals surface area contributed by atoms with Crippen molar-refractivity contribution in [3.8, 4) is 0 Å². The van der Waals surface area contributed by atoms with E-state index in [1.807, 2.05) is 6.08 Å². The third kappa shape index (κ3) is 5.24. The second-order valence-electron chi connectivity index (χ2n) is 1.35. The van der Waals surface area contributed by atoms with Crippen molar-refractivity contribution in [1.82, 2.24) is 0 Å². The highest BCUT2D eigenvalue weighted by molar-refractivity contribution is 4.98. The number of nitrogens with two attached hydrogens (primary N) is 1. The van der Waals surface area contributed by atoms with E-state index in [4.69, 9.17) is 10.8 Å². The molecule has 0 radical (unpaired) electrons. The predicted molar refractivity (Wildman–Crippen MR) is 34.6 cm³/mol. The normalized spacial score (nSPS) is 11.6. The van der Waals surface area contributed by atoms with Crippen LogP contribution in [0.15, 0.2) is 24.5 Å². The zero-order chi connectivity index (χ0) is 6.24. The molecular weight excluding hydrogens is 102 g/mol. The molecule has 0 aliphatic rings. The highest BCUT2D eigenvalue weighted by Crippen LogP contribution is 1.78. The molecule has 0 heterocycles. The zero-order valence-corrected chi connectivity index (χ0v) is 4.75. The van der Waals surface area contributed by atoms with E-state index in [0.29, 0.717) is 6.54 Å². The van der Waals surface area contributed by atoms with Gasteiger partial charge in [0.2, 0.25) is 0 Å². The van der Waals surface area contributed by atoms with Gasteiger partial charge < -0.3 is 10.8 Å². The summed E-state index contributed by atoms with van der Waals surface area (Å²) in [6.45, 7) is 0.662. The first-order chi connectivity index (χ1) is 3.91. The molecular formula is C6H11NO. The Bertz CT molecular complexity index is 86.5. The van der Waals surface area contributed by atoms with Gasteiger partial charge in [-0.25, -0.2) is 0 Å². The van der Waals surface area contributed by atoms with Crippen LogP contribution >= 0.6 is 0 Å². The van der Waals surface area contributed by atoms with Gasteiger partial charge in [-0.3, -0.25) is 0 Å². The van der Waals surface area contributed by atoms with Gasteiger partial charge in [0, 0.05) is 0 Å². The lowest BCUT2D eigenvalue weighted by Crippen LogP contribution is -1.94. The third-order valence-corrected chi connectivity index (χ3v) is 0.667. The van der Waals surface area contributed by atoms with Gasteiger partial charge in [-0.05, 0) is 19.0 Å². The first kappa shape index (κ1) is 7.24. The van der Waals surface area contributed by atoms with Gasteiger partial charge in [-0.15, -0.1) is 0 Å². The van der Waals surface area contributed by atoms with Crippen molar-refractivity contribution >= 4 is 0 Å². The van der Waals surface area contributed by atoms with E-state index in [9.17, 15) is 0 Å². The van der Waals surface area contributed by atoms with Crippen LogP contribution in [0.3, 0.4) is 0 Å². The van der Waals surface area contributed by atoms with E-state index < -0.39 is 0 Å². The molecule has 0 atom stereocenters. The lowest BCUT2D eigenvalue weighted by molar-refractivity contribution is 0.473. The van der Waals surface area contributed by atoms with Crippen molar-refractivity contribution in [1.29, 1.82) is 0 Å². The molecule has 0 unspecified atom stereocenters. The summed E-state index contributed by atoms with van der Waals surface area (Å²) < 4.78 is 0. The number of hydrogen-bond acceptors (Lipinski definition) is 2. The summed E-state index contributed by atoms with van der Waals surface area (Å²) in [7, 11) is 0. The maximum atomic E-state index is 8.10. The van der Waals surface area contributed by atoms with E-state index >= 15 is 0 Å². The van der Waals surface area contributed by atoms with Crippen LogP contribution in [-0.4, -0.2) is 11.7 Å².